The first-order chi connectivity index (χ1) is 13.5. The summed E-state index contributed by atoms with van der Waals surface area (Å²) in [6.07, 6.45) is 6.70. The zero-order valence-corrected chi connectivity index (χ0v) is 17.1. The standard InChI is InChI=1S/C23H27NO3S/c1-27-21(25)18-4-2-17(3-5-18)20-7-6-19(28-20)13-24-22-9-15-8-16(10-22)12-23(26,11-15)14-22/h2-7,15-16,24,26H,8-14H2,1H3. The van der Waals surface area contributed by atoms with Crippen molar-refractivity contribution in [1.82, 2.24) is 5.32 Å². The maximum absolute atomic E-state index is 11.6. The summed E-state index contributed by atoms with van der Waals surface area (Å²) in [4.78, 5) is 14.1. The van der Waals surface area contributed by atoms with Gasteiger partial charge in [-0.1, -0.05) is 12.1 Å². The number of hydrogen-bond acceptors (Lipinski definition) is 5. The Labute approximate surface area is 169 Å². The molecule has 1 aromatic heterocycles. The molecule has 0 saturated heterocycles. The number of carbonyl (C=O) groups is 1. The second-order valence-electron chi connectivity index (χ2n) is 9.15. The first kappa shape index (κ1) is 18.3. The SMILES string of the molecule is COC(=O)c1ccc(-c2ccc(CNC34CC5CC(CC(O)(C5)C3)C4)s2)cc1. The summed E-state index contributed by atoms with van der Waals surface area (Å²) in [5.74, 6) is 1.09. The number of methoxy groups -OCH3 is 1. The number of esters is 1. The highest BCUT2D eigenvalue weighted by molar-refractivity contribution is 7.15. The van der Waals surface area contributed by atoms with Crippen molar-refractivity contribution >= 4 is 17.3 Å². The molecule has 4 fully saturated rings. The maximum atomic E-state index is 11.6. The molecule has 2 N–H and O–H groups in total. The van der Waals surface area contributed by atoms with E-state index >= 15 is 0 Å². The van der Waals surface area contributed by atoms with Crippen molar-refractivity contribution in [1.29, 1.82) is 0 Å². The fourth-order valence-electron chi connectivity index (χ4n) is 6.21. The Kier molecular flexibility index (Phi) is 4.38. The summed E-state index contributed by atoms with van der Waals surface area (Å²) < 4.78 is 4.76. The maximum Gasteiger partial charge on any atom is 0.337 e. The highest BCUT2D eigenvalue weighted by atomic mass is 32.1. The van der Waals surface area contributed by atoms with Gasteiger partial charge in [-0.05, 0) is 80.2 Å². The summed E-state index contributed by atoms with van der Waals surface area (Å²) in [5.41, 5.74) is 1.40. The van der Waals surface area contributed by atoms with Crippen LogP contribution in [-0.4, -0.2) is 29.3 Å². The lowest BCUT2D eigenvalue weighted by molar-refractivity contribution is -0.142. The molecular formula is C23H27NO3S. The summed E-state index contributed by atoms with van der Waals surface area (Å²) in [6.45, 7) is 0.862. The minimum atomic E-state index is -0.418. The van der Waals surface area contributed by atoms with Crippen LogP contribution in [0.5, 0.6) is 0 Å². The summed E-state index contributed by atoms with van der Waals surface area (Å²) in [5, 5.41) is 14.8. The van der Waals surface area contributed by atoms with Crippen LogP contribution in [0.25, 0.3) is 10.4 Å². The van der Waals surface area contributed by atoms with Gasteiger partial charge in [-0.25, -0.2) is 4.79 Å². The molecule has 28 heavy (non-hydrogen) atoms. The molecule has 0 amide bonds. The molecule has 4 saturated carbocycles. The largest absolute Gasteiger partial charge is 0.465 e. The zero-order chi connectivity index (χ0) is 19.4. The van der Waals surface area contributed by atoms with Crippen molar-refractivity contribution in [2.45, 2.75) is 56.2 Å². The van der Waals surface area contributed by atoms with Crippen LogP contribution < -0.4 is 5.32 Å². The Balaban J connectivity index is 1.27. The van der Waals surface area contributed by atoms with Gasteiger partial charge in [0.15, 0.2) is 0 Å². The van der Waals surface area contributed by atoms with Crippen molar-refractivity contribution < 1.29 is 14.6 Å². The predicted molar refractivity (Wildman–Crippen MR) is 110 cm³/mol. The van der Waals surface area contributed by atoms with Crippen molar-refractivity contribution in [3.63, 3.8) is 0 Å². The Hall–Kier alpha value is -1.69. The van der Waals surface area contributed by atoms with E-state index in [0.29, 0.717) is 17.4 Å². The number of benzene rings is 1. The highest BCUT2D eigenvalue weighted by Crippen LogP contribution is 2.57. The first-order valence-electron chi connectivity index (χ1n) is 10.2. The van der Waals surface area contributed by atoms with E-state index in [9.17, 15) is 9.90 Å². The van der Waals surface area contributed by atoms with Crippen molar-refractivity contribution in [3.05, 3.63) is 46.8 Å². The van der Waals surface area contributed by atoms with E-state index in [4.69, 9.17) is 4.74 Å². The van der Waals surface area contributed by atoms with Crippen LogP contribution in [0.15, 0.2) is 36.4 Å². The van der Waals surface area contributed by atoms with Crippen LogP contribution in [0, 0.1) is 11.8 Å². The molecule has 2 aromatic rings. The van der Waals surface area contributed by atoms with E-state index in [1.807, 2.05) is 24.3 Å². The number of aliphatic hydroxyl groups is 1. The molecule has 4 aliphatic rings. The molecule has 4 aliphatic carbocycles. The van der Waals surface area contributed by atoms with E-state index in [0.717, 1.165) is 31.4 Å². The zero-order valence-electron chi connectivity index (χ0n) is 16.2. The molecule has 4 bridgehead atoms. The number of rotatable bonds is 5. The lowest BCUT2D eigenvalue weighted by Crippen LogP contribution is -2.64. The second kappa shape index (κ2) is 6.68. The van der Waals surface area contributed by atoms with Crippen molar-refractivity contribution in [2.75, 3.05) is 7.11 Å². The third kappa shape index (κ3) is 3.30. The first-order valence-corrected chi connectivity index (χ1v) is 11.0. The van der Waals surface area contributed by atoms with Gasteiger partial charge in [0.25, 0.3) is 0 Å². The third-order valence-corrected chi connectivity index (χ3v) is 8.05. The minimum Gasteiger partial charge on any atom is -0.465 e. The van der Waals surface area contributed by atoms with Crippen molar-refractivity contribution in [2.24, 2.45) is 11.8 Å². The van der Waals surface area contributed by atoms with Crippen LogP contribution in [-0.2, 0) is 11.3 Å². The van der Waals surface area contributed by atoms with E-state index in [2.05, 4.69) is 17.4 Å². The lowest BCUT2D eigenvalue weighted by Gasteiger charge is -2.60. The second-order valence-corrected chi connectivity index (χ2v) is 10.3. The fourth-order valence-corrected chi connectivity index (χ4v) is 7.17. The molecule has 5 heteroatoms. The summed E-state index contributed by atoms with van der Waals surface area (Å²) >= 11 is 1.79. The molecule has 0 radical (unpaired) electrons. The van der Waals surface area contributed by atoms with Crippen LogP contribution >= 0.6 is 11.3 Å². The van der Waals surface area contributed by atoms with Gasteiger partial charge < -0.3 is 15.2 Å². The summed E-state index contributed by atoms with van der Waals surface area (Å²) in [7, 11) is 1.40. The van der Waals surface area contributed by atoms with Crippen LogP contribution in [0.3, 0.4) is 0 Å². The van der Waals surface area contributed by atoms with Crippen LogP contribution in [0.2, 0.25) is 0 Å². The van der Waals surface area contributed by atoms with Crippen LogP contribution in [0.1, 0.15) is 53.8 Å². The Morgan fingerprint density at radius 1 is 1.14 bits per heavy atom. The quantitative estimate of drug-likeness (QED) is 0.736. The van der Waals surface area contributed by atoms with Gasteiger partial charge in [0, 0.05) is 21.8 Å². The topological polar surface area (TPSA) is 58.6 Å². The molecule has 4 nitrogen and oxygen atoms in total. The number of thiophene rings is 1. The monoisotopic (exact) mass is 397 g/mol. The average Bonchev–Trinajstić information content (AvgIpc) is 3.13. The van der Waals surface area contributed by atoms with Crippen LogP contribution in [0.4, 0.5) is 0 Å². The molecule has 1 aromatic carbocycles. The number of nitrogens with one attached hydrogen (secondary N) is 1. The van der Waals surface area contributed by atoms with Gasteiger partial charge in [-0.3, -0.25) is 0 Å². The molecule has 2 atom stereocenters. The smallest absolute Gasteiger partial charge is 0.337 e. The molecule has 0 aliphatic heterocycles. The Morgan fingerprint density at radius 3 is 2.50 bits per heavy atom. The third-order valence-electron chi connectivity index (χ3n) is 6.92. The highest BCUT2D eigenvalue weighted by Gasteiger charge is 2.56. The Morgan fingerprint density at radius 2 is 1.86 bits per heavy atom. The van der Waals surface area contributed by atoms with E-state index in [1.165, 1.54) is 36.1 Å². The molecule has 2 unspecified atom stereocenters. The molecule has 6 rings (SSSR count). The van der Waals surface area contributed by atoms with Crippen molar-refractivity contribution in [3.8, 4) is 10.4 Å². The lowest BCUT2D eigenvalue weighted by atomic mass is 9.51. The molecular weight excluding hydrogens is 370 g/mol. The number of ether oxygens (including phenoxy) is 1. The van der Waals surface area contributed by atoms with Gasteiger partial charge in [-0.15, -0.1) is 11.3 Å². The fraction of sp³-hybridized carbons (Fsp3) is 0.522. The minimum absolute atomic E-state index is 0.130. The van der Waals surface area contributed by atoms with Gasteiger partial charge >= 0.3 is 5.97 Å². The summed E-state index contributed by atoms with van der Waals surface area (Å²) in [6, 6.07) is 11.9. The van der Waals surface area contributed by atoms with Gasteiger partial charge in [-0.2, -0.15) is 0 Å². The van der Waals surface area contributed by atoms with Gasteiger partial charge in [0.1, 0.15) is 0 Å². The van der Waals surface area contributed by atoms with E-state index in [1.54, 1.807) is 11.3 Å². The normalized spacial score (nSPS) is 33.2. The molecule has 148 valence electrons. The molecule has 0 spiro atoms. The Bertz CT molecular complexity index is 874. The average molecular weight is 398 g/mol. The molecule has 1 heterocycles. The van der Waals surface area contributed by atoms with E-state index in [-0.39, 0.29) is 11.5 Å². The van der Waals surface area contributed by atoms with Gasteiger partial charge in [0.2, 0.25) is 0 Å². The predicted octanol–water partition coefficient (Wildman–Crippen LogP) is 4.38. The van der Waals surface area contributed by atoms with E-state index < -0.39 is 5.60 Å². The number of carbonyl (C=O) groups excluding carboxylic acids is 1. The van der Waals surface area contributed by atoms with Gasteiger partial charge in [0.05, 0.1) is 18.3 Å². The number of hydrogen-bond donors (Lipinski definition) is 2.